The molecule has 1 aromatic carbocycles. The topological polar surface area (TPSA) is 139 Å². The predicted octanol–water partition coefficient (Wildman–Crippen LogP) is -1.53. The van der Waals surface area contributed by atoms with Gasteiger partial charge < -0.3 is 20.9 Å². The number of primary amides is 2. The molecular weight excluding hydrogens is 244 g/mol. The van der Waals surface area contributed by atoms with Crippen molar-refractivity contribution in [1.29, 1.82) is 0 Å². The Morgan fingerprint density at radius 1 is 0.722 bits per heavy atom. The smallest absolute Gasteiger partial charge is 0.401 e. The monoisotopic (exact) mass is 252 g/mol. The average molecular weight is 252 g/mol. The molecule has 0 radical (unpaired) electrons. The highest BCUT2D eigenvalue weighted by Gasteiger charge is 2.13. The number of hydrogen-bond donors (Lipinski definition) is 2. The van der Waals surface area contributed by atoms with Gasteiger partial charge in [0, 0.05) is 0 Å². The van der Waals surface area contributed by atoms with Gasteiger partial charge in [0.25, 0.3) is 0 Å². The molecule has 0 saturated heterocycles. The molecule has 1 rings (SSSR count). The first-order valence-corrected chi connectivity index (χ1v) is 4.53. The molecule has 0 fully saturated rings. The molecule has 18 heavy (non-hydrogen) atoms. The van der Waals surface area contributed by atoms with E-state index in [0.29, 0.717) is 0 Å². The molecule has 2 amide bonds. The lowest BCUT2D eigenvalue weighted by Gasteiger charge is -2.03. The molecule has 0 aliphatic rings. The van der Waals surface area contributed by atoms with Crippen molar-refractivity contribution in [3.8, 4) is 11.5 Å². The molecule has 0 unspecified atom stereocenters. The van der Waals surface area contributed by atoms with Crippen LogP contribution >= 0.6 is 0 Å². The number of nitrogens with two attached hydrogens (primary N) is 2. The zero-order chi connectivity index (χ0) is 13.7. The quantitative estimate of drug-likeness (QED) is 0.372. The zero-order valence-corrected chi connectivity index (χ0v) is 8.91. The molecule has 0 aliphatic carbocycles. The Kier molecular flexibility index (Phi) is 3.98. The summed E-state index contributed by atoms with van der Waals surface area (Å²) in [5, 5.41) is 0. The van der Waals surface area contributed by atoms with Crippen LogP contribution in [0.4, 0.5) is 0 Å². The van der Waals surface area contributed by atoms with E-state index in [1.165, 1.54) is 24.3 Å². The minimum absolute atomic E-state index is 0.0256. The van der Waals surface area contributed by atoms with Crippen LogP contribution in [-0.4, -0.2) is 23.8 Å². The molecular formula is C10H8N2O6. The highest BCUT2D eigenvalue weighted by molar-refractivity contribution is 6.32. The van der Waals surface area contributed by atoms with Crippen LogP contribution in [0.1, 0.15) is 0 Å². The number of carbonyl (C=O) groups is 4. The van der Waals surface area contributed by atoms with Gasteiger partial charge in [-0.3, -0.25) is 9.59 Å². The van der Waals surface area contributed by atoms with Crippen LogP contribution in [0.3, 0.4) is 0 Å². The van der Waals surface area contributed by atoms with Gasteiger partial charge in [0.2, 0.25) is 0 Å². The molecule has 1 aromatic rings. The minimum atomic E-state index is -1.24. The van der Waals surface area contributed by atoms with Gasteiger partial charge in [0.15, 0.2) is 0 Å². The number of esters is 2. The Bertz CT molecular complexity index is 461. The maximum absolute atomic E-state index is 10.8. The van der Waals surface area contributed by atoms with Crippen LogP contribution in [0.15, 0.2) is 24.3 Å². The maximum Gasteiger partial charge on any atom is 0.401 e. The fourth-order valence-corrected chi connectivity index (χ4v) is 0.890. The number of benzene rings is 1. The largest absolute Gasteiger partial charge is 0.419 e. The fraction of sp³-hybridized carbons (Fsp3) is 0. The fourth-order valence-electron chi connectivity index (χ4n) is 0.890. The van der Waals surface area contributed by atoms with Gasteiger partial charge in [-0.15, -0.1) is 0 Å². The van der Waals surface area contributed by atoms with Crippen molar-refractivity contribution in [2.24, 2.45) is 11.5 Å². The van der Waals surface area contributed by atoms with Crippen molar-refractivity contribution < 1.29 is 28.7 Å². The van der Waals surface area contributed by atoms with E-state index in [-0.39, 0.29) is 11.5 Å². The van der Waals surface area contributed by atoms with Crippen LogP contribution in [0, 0.1) is 0 Å². The summed E-state index contributed by atoms with van der Waals surface area (Å²) in [4.78, 5) is 42.5. The van der Waals surface area contributed by atoms with Crippen LogP contribution in [-0.2, 0) is 19.2 Å². The molecule has 8 nitrogen and oxygen atoms in total. The molecule has 0 aromatic heterocycles. The summed E-state index contributed by atoms with van der Waals surface area (Å²) in [5.41, 5.74) is 9.36. The van der Waals surface area contributed by atoms with E-state index in [2.05, 4.69) is 20.9 Å². The first-order valence-electron chi connectivity index (χ1n) is 4.53. The molecule has 0 bridgehead atoms. The third-order valence-corrected chi connectivity index (χ3v) is 1.65. The van der Waals surface area contributed by atoms with Gasteiger partial charge in [-0.1, -0.05) is 0 Å². The van der Waals surface area contributed by atoms with Crippen molar-refractivity contribution >= 4 is 23.8 Å². The Morgan fingerprint density at radius 3 is 1.22 bits per heavy atom. The third kappa shape index (κ3) is 3.59. The third-order valence-electron chi connectivity index (χ3n) is 1.65. The molecule has 0 aliphatic heterocycles. The van der Waals surface area contributed by atoms with Crippen molar-refractivity contribution in [2.45, 2.75) is 0 Å². The van der Waals surface area contributed by atoms with E-state index < -0.39 is 23.8 Å². The number of amides is 2. The molecule has 4 N–H and O–H groups in total. The lowest BCUT2D eigenvalue weighted by Crippen LogP contribution is -2.28. The summed E-state index contributed by atoms with van der Waals surface area (Å²) in [7, 11) is 0. The van der Waals surface area contributed by atoms with Gasteiger partial charge in [-0.05, 0) is 24.3 Å². The Hall–Kier alpha value is -2.90. The zero-order valence-electron chi connectivity index (χ0n) is 8.91. The van der Waals surface area contributed by atoms with Crippen molar-refractivity contribution in [2.75, 3.05) is 0 Å². The van der Waals surface area contributed by atoms with E-state index in [1.54, 1.807) is 0 Å². The van der Waals surface area contributed by atoms with E-state index in [4.69, 9.17) is 0 Å². The molecule has 0 atom stereocenters. The van der Waals surface area contributed by atoms with Gasteiger partial charge in [-0.2, -0.15) is 0 Å². The summed E-state index contributed by atoms with van der Waals surface area (Å²) < 4.78 is 9.08. The van der Waals surface area contributed by atoms with E-state index in [0.717, 1.165) is 0 Å². The Balaban J connectivity index is 2.68. The molecule has 0 spiro atoms. The van der Waals surface area contributed by atoms with E-state index >= 15 is 0 Å². The second-order valence-corrected chi connectivity index (χ2v) is 2.98. The highest BCUT2D eigenvalue weighted by Crippen LogP contribution is 2.17. The highest BCUT2D eigenvalue weighted by atomic mass is 16.5. The second kappa shape index (κ2) is 5.43. The summed E-state index contributed by atoms with van der Waals surface area (Å²) in [6.45, 7) is 0. The maximum atomic E-state index is 10.8. The molecule has 0 heterocycles. The molecule has 94 valence electrons. The second-order valence-electron chi connectivity index (χ2n) is 2.98. The summed E-state index contributed by atoms with van der Waals surface area (Å²) in [6.07, 6.45) is 0. The standard InChI is InChI=1S/C10H8N2O6/c11-7(13)9(15)17-5-1-2-6(4-3-5)18-10(16)8(12)14/h1-4H,(H2,11,13)(H2,12,14). The summed E-state index contributed by atoms with van der Waals surface area (Å²) in [5.74, 6) is -4.87. The Morgan fingerprint density at radius 2 is 1.00 bits per heavy atom. The normalized spacial score (nSPS) is 9.33. The number of rotatable bonds is 2. The number of ether oxygens (including phenoxy) is 2. The number of hydrogen-bond acceptors (Lipinski definition) is 6. The van der Waals surface area contributed by atoms with Gasteiger partial charge >= 0.3 is 23.8 Å². The van der Waals surface area contributed by atoms with Crippen LogP contribution in [0.5, 0.6) is 11.5 Å². The lowest BCUT2D eigenvalue weighted by molar-refractivity contribution is -0.146. The first-order chi connectivity index (χ1) is 8.40. The van der Waals surface area contributed by atoms with E-state index in [1.807, 2.05) is 0 Å². The summed E-state index contributed by atoms with van der Waals surface area (Å²) >= 11 is 0. The van der Waals surface area contributed by atoms with Crippen LogP contribution in [0.25, 0.3) is 0 Å². The van der Waals surface area contributed by atoms with Gasteiger partial charge in [0.05, 0.1) is 0 Å². The number of carbonyl (C=O) groups excluding carboxylic acids is 4. The SMILES string of the molecule is NC(=O)C(=O)Oc1ccc(OC(=O)C(N)=O)cc1. The van der Waals surface area contributed by atoms with E-state index in [9.17, 15) is 19.2 Å². The van der Waals surface area contributed by atoms with Gasteiger partial charge in [0.1, 0.15) is 11.5 Å². The summed E-state index contributed by atoms with van der Waals surface area (Å²) in [6, 6.07) is 4.96. The van der Waals surface area contributed by atoms with Crippen molar-refractivity contribution in [1.82, 2.24) is 0 Å². The lowest BCUT2D eigenvalue weighted by atomic mass is 10.3. The van der Waals surface area contributed by atoms with Crippen molar-refractivity contribution in [3.05, 3.63) is 24.3 Å². The minimum Gasteiger partial charge on any atom is -0.419 e. The van der Waals surface area contributed by atoms with Crippen LogP contribution < -0.4 is 20.9 Å². The van der Waals surface area contributed by atoms with Crippen molar-refractivity contribution in [3.63, 3.8) is 0 Å². The predicted molar refractivity (Wildman–Crippen MR) is 56.1 cm³/mol. The molecule has 0 saturated carbocycles. The Labute approximate surface area is 100 Å². The molecule has 8 heteroatoms. The average Bonchev–Trinajstić information content (AvgIpc) is 2.31. The first kappa shape index (κ1) is 13.2. The van der Waals surface area contributed by atoms with Crippen LogP contribution in [0.2, 0.25) is 0 Å². The van der Waals surface area contributed by atoms with Gasteiger partial charge in [-0.25, -0.2) is 9.59 Å².